The first-order chi connectivity index (χ1) is 16.1. The number of halogens is 1. The highest BCUT2D eigenvalue weighted by Gasteiger charge is 2.33. The quantitative estimate of drug-likeness (QED) is 0.457. The molecule has 4 aromatic rings. The minimum atomic E-state index is -0.300. The zero-order valence-electron chi connectivity index (χ0n) is 18.7. The molecule has 1 aliphatic heterocycles. The summed E-state index contributed by atoms with van der Waals surface area (Å²) in [5.74, 6) is -0.565. The van der Waals surface area contributed by atoms with E-state index in [-0.39, 0.29) is 17.6 Å². The van der Waals surface area contributed by atoms with Crippen molar-refractivity contribution in [1.82, 2.24) is 25.0 Å². The van der Waals surface area contributed by atoms with E-state index < -0.39 is 0 Å². The lowest BCUT2D eigenvalue weighted by molar-refractivity contribution is -0.123. The molecular weight excluding hydrogens is 417 g/mol. The number of H-pyrrole nitrogens is 1. The number of carbonyl (C=O) groups is 1. The minimum Gasteiger partial charge on any atom is -0.361 e. The van der Waals surface area contributed by atoms with Crippen molar-refractivity contribution in [2.24, 2.45) is 7.05 Å². The highest BCUT2D eigenvalue weighted by Crippen LogP contribution is 2.27. The maximum absolute atomic E-state index is 13.6. The van der Waals surface area contributed by atoms with Crippen molar-refractivity contribution in [3.63, 3.8) is 0 Å². The van der Waals surface area contributed by atoms with Crippen molar-refractivity contribution in [2.75, 3.05) is 19.6 Å². The van der Waals surface area contributed by atoms with Gasteiger partial charge in [0.1, 0.15) is 5.82 Å². The minimum absolute atomic E-state index is 0.00890. The van der Waals surface area contributed by atoms with Gasteiger partial charge in [0.25, 0.3) is 0 Å². The van der Waals surface area contributed by atoms with Crippen LogP contribution in [0.5, 0.6) is 0 Å². The Balaban J connectivity index is 1.24. The summed E-state index contributed by atoms with van der Waals surface area (Å²) in [5.41, 5.74) is 5.18. The monoisotopic (exact) mass is 445 g/mol. The van der Waals surface area contributed by atoms with E-state index in [1.807, 2.05) is 25.5 Å². The molecule has 0 radical (unpaired) electrons. The number of hydrogen-bond acceptors (Lipinski definition) is 3. The SMILES string of the molecule is Cn1cc2c(n1)C(C(=O)NCCc1c[nH]c3ccc(F)cc13)CN(CCc1ccccc1)C2. The third-order valence-corrected chi connectivity index (χ3v) is 6.40. The topological polar surface area (TPSA) is 66.0 Å². The van der Waals surface area contributed by atoms with E-state index >= 15 is 0 Å². The molecule has 7 heteroatoms. The number of nitrogens with one attached hydrogen (secondary N) is 2. The second-order valence-electron chi connectivity index (χ2n) is 8.78. The van der Waals surface area contributed by atoms with Crippen LogP contribution in [-0.2, 0) is 31.2 Å². The number of aromatic nitrogens is 3. The maximum atomic E-state index is 13.6. The van der Waals surface area contributed by atoms with Crippen molar-refractivity contribution < 1.29 is 9.18 Å². The highest BCUT2D eigenvalue weighted by atomic mass is 19.1. The van der Waals surface area contributed by atoms with Gasteiger partial charge >= 0.3 is 0 Å². The van der Waals surface area contributed by atoms with Gasteiger partial charge in [0.15, 0.2) is 0 Å². The fourth-order valence-electron chi connectivity index (χ4n) is 4.73. The Bertz CT molecular complexity index is 1260. The van der Waals surface area contributed by atoms with Gasteiger partial charge in [0.2, 0.25) is 5.91 Å². The molecule has 0 saturated carbocycles. The first-order valence-corrected chi connectivity index (χ1v) is 11.4. The summed E-state index contributed by atoms with van der Waals surface area (Å²) in [5, 5.41) is 8.55. The molecule has 1 aliphatic rings. The lowest BCUT2D eigenvalue weighted by Gasteiger charge is -2.31. The zero-order chi connectivity index (χ0) is 22.8. The first-order valence-electron chi connectivity index (χ1n) is 11.4. The lowest BCUT2D eigenvalue weighted by atomic mass is 9.95. The number of aromatic amines is 1. The number of rotatable bonds is 7. The Kier molecular flexibility index (Phi) is 5.96. The first kappa shape index (κ1) is 21.4. The van der Waals surface area contributed by atoms with Gasteiger partial charge in [-0.2, -0.15) is 5.10 Å². The smallest absolute Gasteiger partial charge is 0.230 e. The Morgan fingerprint density at radius 1 is 1.21 bits per heavy atom. The molecule has 1 atom stereocenters. The van der Waals surface area contributed by atoms with E-state index in [0.717, 1.165) is 47.2 Å². The molecule has 0 bridgehead atoms. The normalized spacial score (nSPS) is 16.1. The standard InChI is InChI=1S/C26H28FN5O/c1-31-15-20-16-32(12-10-18-5-3-2-4-6-18)17-23(25(20)30-31)26(33)28-11-9-19-14-29-24-8-7-21(27)13-22(19)24/h2-8,13-15,23,29H,9-12,16-17H2,1H3,(H,28,33). The number of hydrogen-bond donors (Lipinski definition) is 2. The van der Waals surface area contributed by atoms with Crippen LogP contribution in [0.25, 0.3) is 10.9 Å². The maximum Gasteiger partial charge on any atom is 0.230 e. The molecule has 6 nitrogen and oxygen atoms in total. The van der Waals surface area contributed by atoms with Gasteiger partial charge in [0, 0.05) is 62.1 Å². The molecule has 1 amide bonds. The van der Waals surface area contributed by atoms with E-state index in [1.54, 1.807) is 10.7 Å². The third-order valence-electron chi connectivity index (χ3n) is 6.40. The summed E-state index contributed by atoms with van der Waals surface area (Å²) in [4.78, 5) is 18.7. The largest absolute Gasteiger partial charge is 0.361 e. The fourth-order valence-corrected chi connectivity index (χ4v) is 4.73. The van der Waals surface area contributed by atoms with Crippen LogP contribution in [0.15, 0.2) is 60.9 Å². The van der Waals surface area contributed by atoms with Crippen molar-refractivity contribution in [2.45, 2.75) is 25.3 Å². The molecule has 5 rings (SSSR count). The third kappa shape index (κ3) is 4.68. The number of benzene rings is 2. The average molecular weight is 446 g/mol. The molecule has 0 fully saturated rings. The number of aryl methyl sites for hydroxylation is 1. The van der Waals surface area contributed by atoms with Gasteiger partial charge in [-0.3, -0.25) is 14.4 Å². The molecule has 33 heavy (non-hydrogen) atoms. The van der Waals surface area contributed by atoms with Crippen LogP contribution in [0.3, 0.4) is 0 Å². The van der Waals surface area contributed by atoms with E-state index in [4.69, 9.17) is 0 Å². The molecule has 0 aliphatic carbocycles. The number of nitrogens with zero attached hydrogens (tertiary/aromatic N) is 3. The Morgan fingerprint density at radius 3 is 2.91 bits per heavy atom. The molecule has 0 spiro atoms. The molecule has 1 unspecified atom stereocenters. The van der Waals surface area contributed by atoms with Gasteiger partial charge in [-0.1, -0.05) is 30.3 Å². The van der Waals surface area contributed by atoms with Crippen LogP contribution in [0.4, 0.5) is 4.39 Å². The fraction of sp³-hybridized carbons (Fsp3) is 0.308. The zero-order valence-corrected chi connectivity index (χ0v) is 18.7. The molecular formula is C26H28FN5O. The summed E-state index contributed by atoms with van der Waals surface area (Å²) in [6.45, 7) is 2.84. The van der Waals surface area contributed by atoms with E-state index in [1.165, 1.54) is 17.7 Å². The summed E-state index contributed by atoms with van der Waals surface area (Å²) in [6, 6.07) is 15.1. The highest BCUT2D eigenvalue weighted by molar-refractivity contribution is 5.85. The van der Waals surface area contributed by atoms with Crippen LogP contribution in [0.1, 0.15) is 28.3 Å². The second kappa shape index (κ2) is 9.19. The van der Waals surface area contributed by atoms with Crippen molar-refractivity contribution in [1.29, 1.82) is 0 Å². The predicted molar refractivity (Wildman–Crippen MR) is 126 cm³/mol. The van der Waals surface area contributed by atoms with Gasteiger partial charge < -0.3 is 10.3 Å². The summed E-state index contributed by atoms with van der Waals surface area (Å²) < 4.78 is 15.4. The average Bonchev–Trinajstić information content (AvgIpc) is 3.39. The second-order valence-corrected chi connectivity index (χ2v) is 8.78. The number of amides is 1. The van der Waals surface area contributed by atoms with Gasteiger partial charge in [-0.05, 0) is 42.2 Å². The van der Waals surface area contributed by atoms with Crippen LogP contribution in [0.2, 0.25) is 0 Å². The van der Waals surface area contributed by atoms with Crippen LogP contribution in [-0.4, -0.2) is 45.2 Å². The summed E-state index contributed by atoms with van der Waals surface area (Å²) >= 11 is 0. The van der Waals surface area contributed by atoms with Crippen molar-refractivity contribution in [3.8, 4) is 0 Å². The molecule has 2 aromatic heterocycles. The van der Waals surface area contributed by atoms with E-state index in [2.05, 4.69) is 44.6 Å². The molecule has 170 valence electrons. The van der Waals surface area contributed by atoms with Gasteiger partial charge in [0.05, 0.1) is 11.6 Å². The lowest BCUT2D eigenvalue weighted by Crippen LogP contribution is -2.42. The molecule has 3 heterocycles. The van der Waals surface area contributed by atoms with Gasteiger partial charge in [-0.15, -0.1) is 0 Å². The molecule has 0 saturated heterocycles. The predicted octanol–water partition coefficient (Wildman–Crippen LogP) is 3.54. The van der Waals surface area contributed by atoms with E-state index in [0.29, 0.717) is 19.5 Å². The Hall–Kier alpha value is -3.45. The van der Waals surface area contributed by atoms with Crippen LogP contribution >= 0.6 is 0 Å². The number of fused-ring (bicyclic) bond motifs is 2. The Morgan fingerprint density at radius 2 is 2.06 bits per heavy atom. The van der Waals surface area contributed by atoms with Crippen molar-refractivity contribution >= 4 is 16.8 Å². The van der Waals surface area contributed by atoms with Crippen LogP contribution < -0.4 is 5.32 Å². The summed E-state index contributed by atoms with van der Waals surface area (Å²) in [7, 11) is 1.90. The summed E-state index contributed by atoms with van der Waals surface area (Å²) in [6.07, 6.45) is 5.49. The van der Waals surface area contributed by atoms with Crippen molar-refractivity contribution in [3.05, 3.63) is 89.1 Å². The molecule has 2 N–H and O–H groups in total. The number of carbonyl (C=O) groups excluding carboxylic acids is 1. The van der Waals surface area contributed by atoms with Crippen LogP contribution in [0, 0.1) is 5.82 Å². The van der Waals surface area contributed by atoms with Gasteiger partial charge in [-0.25, -0.2) is 4.39 Å². The van der Waals surface area contributed by atoms with E-state index in [9.17, 15) is 9.18 Å². The Labute approximate surface area is 192 Å². The molecule has 2 aromatic carbocycles.